The average Bonchev–Trinajstić information content (AvgIpc) is 3.04. The lowest BCUT2D eigenvalue weighted by Gasteiger charge is -2.24. The van der Waals surface area contributed by atoms with Gasteiger partial charge in [0.25, 0.3) is 0 Å². The van der Waals surface area contributed by atoms with Crippen molar-refractivity contribution in [3.63, 3.8) is 0 Å². The van der Waals surface area contributed by atoms with E-state index in [1.165, 1.54) is 25.0 Å². The molecule has 2 N–H and O–H groups in total. The van der Waals surface area contributed by atoms with E-state index in [1.807, 2.05) is 0 Å². The molecule has 0 aliphatic carbocycles. The molecule has 0 bridgehead atoms. The number of benzene rings is 1. The summed E-state index contributed by atoms with van der Waals surface area (Å²) >= 11 is 0. The van der Waals surface area contributed by atoms with Crippen molar-refractivity contribution in [2.75, 3.05) is 24.5 Å². The molecule has 2 heterocycles. The predicted molar refractivity (Wildman–Crippen MR) is 79.6 cm³/mol. The number of anilines is 1. The maximum Gasteiger partial charge on any atom is 0.204 e. The first-order valence-corrected chi connectivity index (χ1v) is 7.40. The number of aromatic nitrogens is 2. The topological polar surface area (TPSA) is 44.0 Å². The number of nitrogens with zero attached hydrogens (tertiary/aromatic N) is 2. The fourth-order valence-corrected chi connectivity index (χ4v) is 2.88. The zero-order valence-electron chi connectivity index (χ0n) is 11.8. The first-order chi connectivity index (χ1) is 9.78. The first kappa shape index (κ1) is 13.4. The standard InChI is InChI=1S/C15H21FN4/c1-2-7-17-10-12-4-3-8-20(12)15-18-13-6-5-11(16)9-14(13)19-15/h5-6,9,12,17H,2-4,7-8,10H2,1H3,(H,18,19). The highest BCUT2D eigenvalue weighted by atomic mass is 19.1. The van der Waals surface area contributed by atoms with E-state index < -0.39 is 0 Å². The number of nitrogens with one attached hydrogen (secondary N) is 2. The summed E-state index contributed by atoms with van der Waals surface area (Å²) in [4.78, 5) is 10.1. The van der Waals surface area contributed by atoms with Gasteiger partial charge >= 0.3 is 0 Å². The molecule has 1 aromatic carbocycles. The summed E-state index contributed by atoms with van der Waals surface area (Å²) in [6.07, 6.45) is 3.52. The monoisotopic (exact) mass is 276 g/mol. The van der Waals surface area contributed by atoms with Gasteiger partial charge < -0.3 is 15.2 Å². The molecule has 1 atom stereocenters. The first-order valence-electron chi connectivity index (χ1n) is 7.40. The van der Waals surface area contributed by atoms with Gasteiger partial charge in [-0.25, -0.2) is 9.37 Å². The molecule has 1 saturated heterocycles. The van der Waals surface area contributed by atoms with Crippen LogP contribution in [0.15, 0.2) is 18.2 Å². The van der Waals surface area contributed by atoms with Gasteiger partial charge in [-0.2, -0.15) is 0 Å². The number of imidazole rings is 1. The Hall–Kier alpha value is -1.62. The van der Waals surface area contributed by atoms with E-state index in [-0.39, 0.29) is 5.82 Å². The van der Waals surface area contributed by atoms with E-state index in [2.05, 4.69) is 27.1 Å². The lowest BCUT2D eigenvalue weighted by molar-refractivity contribution is 0.567. The average molecular weight is 276 g/mol. The summed E-state index contributed by atoms with van der Waals surface area (Å²) < 4.78 is 13.2. The van der Waals surface area contributed by atoms with Crippen LogP contribution in [-0.4, -0.2) is 35.6 Å². The summed E-state index contributed by atoms with van der Waals surface area (Å²) in [7, 11) is 0. The second-order valence-electron chi connectivity index (χ2n) is 5.42. The van der Waals surface area contributed by atoms with Crippen molar-refractivity contribution < 1.29 is 4.39 Å². The summed E-state index contributed by atoms with van der Waals surface area (Å²) in [5.74, 6) is 0.640. The zero-order chi connectivity index (χ0) is 13.9. The summed E-state index contributed by atoms with van der Waals surface area (Å²) in [6, 6.07) is 5.17. The molecule has 1 aromatic heterocycles. The van der Waals surface area contributed by atoms with Crippen LogP contribution in [0, 0.1) is 5.82 Å². The lowest BCUT2D eigenvalue weighted by atomic mass is 10.2. The molecular formula is C15H21FN4. The molecule has 0 spiro atoms. The predicted octanol–water partition coefficient (Wildman–Crippen LogP) is 2.67. The molecule has 1 aliphatic rings. The van der Waals surface area contributed by atoms with Gasteiger partial charge in [0.15, 0.2) is 0 Å². The maximum atomic E-state index is 13.2. The van der Waals surface area contributed by atoms with Gasteiger partial charge in [-0.3, -0.25) is 0 Å². The second kappa shape index (κ2) is 5.79. The van der Waals surface area contributed by atoms with Crippen molar-refractivity contribution in [2.45, 2.75) is 32.2 Å². The largest absolute Gasteiger partial charge is 0.338 e. The van der Waals surface area contributed by atoms with Crippen LogP contribution >= 0.6 is 0 Å². The minimum absolute atomic E-state index is 0.227. The number of H-pyrrole nitrogens is 1. The van der Waals surface area contributed by atoms with Crippen molar-refractivity contribution in [1.82, 2.24) is 15.3 Å². The SMILES string of the molecule is CCCNCC1CCCN1c1nc2ccc(F)cc2[nH]1. The van der Waals surface area contributed by atoms with Gasteiger partial charge in [-0.15, -0.1) is 0 Å². The molecule has 5 heteroatoms. The summed E-state index contributed by atoms with van der Waals surface area (Å²) in [5, 5.41) is 3.48. The smallest absolute Gasteiger partial charge is 0.204 e. The fraction of sp³-hybridized carbons (Fsp3) is 0.533. The van der Waals surface area contributed by atoms with Crippen LogP contribution in [-0.2, 0) is 0 Å². The number of halogens is 1. The Labute approximate surface area is 118 Å². The van der Waals surface area contributed by atoms with Crippen molar-refractivity contribution >= 4 is 17.0 Å². The Morgan fingerprint density at radius 3 is 3.25 bits per heavy atom. The Balaban J connectivity index is 1.78. The molecule has 2 aromatic rings. The van der Waals surface area contributed by atoms with Crippen LogP contribution in [0.2, 0.25) is 0 Å². The van der Waals surface area contributed by atoms with Gasteiger partial charge in [0.05, 0.1) is 11.0 Å². The number of fused-ring (bicyclic) bond motifs is 1. The molecule has 20 heavy (non-hydrogen) atoms. The van der Waals surface area contributed by atoms with Crippen LogP contribution < -0.4 is 10.2 Å². The Bertz CT molecular complexity index is 580. The minimum Gasteiger partial charge on any atom is -0.338 e. The second-order valence-corrected chi connectivity index (χ2v) is 5.42. The van der Waals surface area contributed by atoms with Crippen molar-refractivity contribution in [1.29, 1.82) is 0 Å². The number of hydrogen-bond donors (Lipinski definition) is 2. The molecule has 0 saturated carbocycles. The molecule has 1 unspecified atom stereocenters. The van der Waals surface area contributed by atoms with Gasteiger partial charge in [0.2, 0.25) is 5.95 Å². The number of aromatic amines is 1. The van der Waals surface area contributed by atoms with Crippen LogP contribution in [0.3, 0.4) is 0 Å². The van der Waals surface area contributed by atoms with E-state index in [1.54, 1.807) is 6.07 Å². The van der Waals surface area contributed by atoms with Gasteiger partial charge in [0.1, 0.15) is 5.82 Å². The van der Waals surface area contributed by atoms with Crippen LogP contribution in [0.25, 0.3) is 11.0 Å². The highest BCUT2D eigenvalue weighted by Crippen LogP contribution is 2.25. The number of rotatable bonds is 5. The Morgan fingerprint density at radius 2 is 2.40 bits per heavy atom. The van der Waals surface area contributed by atoms with Crippen LogP contribution in [0.4, 0.5) is 10.3 Å². The third-order valence-electron chi connectivity index (χ3n) is 3.89. The van der Waals surface area contributed by atoms with E-state index in [0.717, 1.165) is 43.0 Å². The van der Waals surface area contributed by atoms with Gasteiger partial charge in [0, 0.05) is 19.1 Å². The molecule has 108 valence electrons. The molecule has 1 fully saturated rings. The van der Waals surface area contributed by atoms with E-state index in [0.29, 0.717) is 6.04 Å². The van der Waals surface area contributed by atoms with Crippen molar-refractivity contribution in [2.24, 2.45) is 0 Å². The lowest BCUT2D eigenvalue weighted by Crippen LogP contribution is -2.38. The molecule has 3 rings (SSSR count). The van der Waals surface area contributed by atoms with Crippen LogP contribution in [0.5, 0.6) is 0 Å². The van der Waals surface area contributed by atoms with E-state index in [4.69, 9.17) is 0 Å². The van der Waals surface area contributed by atoms with E-state index >= 15 is 0 Å². The Kier molecular flexibility index (Phi) is 3.87. The third-order valence-corrected chi connectivity index (χ3v) is 3.89. The quantitative estimate of drug-likeness (QED) is 0.825. The minimum atomic E-state index is -0.227. The summed E-state index contributed by atoms with van der Waals surface area (Å²) in [5.41, 5.74) is 1.60. The van der Waals surface area contributed by atoms with Gasteiger partial charge in [-0.1, -0.05) is 6.92 Å². The van der Waals surface area contributed by atoms with Gasteiger partial charge in [-0.05, 0) is 44.0 Å². The van der Waals surface area contributed by atoms with Crippen molar-refractivity contribution in [3.8, 4) is 0 Å². The molecule has 0 amide bonds. The van der Waals surface area contributed by atoms with Crippen molar-refractivity contribution in [3.05, 3.63) is 24.0 Å². The molecule has 0 radical (unpaired) electrons. The third kappa shape index (κ3) is 2.63. The molecule has 1 aliphatic heterocycles. The maximum absolute atomic E-state index is 13.2. The van der Waals surface area contributed by atoms with Crippen LogP contribution in [0.1, 0.15) is 26.2 Å². The highest BCUT2D eigenvalue weighted by molar-refractivity contribution is 5.77. The normalized spacial score (nSPS) is 19.1. The number of hydrogen-bond acceptors (Lipinski definition) is 3. The molecular weight excluding hydrogens is 255 g/mol. The van der Waals surface area contributed by atoms with E-state index in [9.17, 15) is 4.39 Å². The summed E-state index contributed by atoms with van der Waals surface area (Å²) in [6.45, 7) is 5.23. The fourth-order valence-electron chi connectivity index (χ4n) is 2.88. The highest BCUT2D eigenvalue weighted by Gasteiger charge is 2.26. The zero-order valence-corrected chi connectivity index (χ0v) is 11.8. The molecule has 4 nitrogen and oxygen atoms in total. The Morgan fingerprint density at radius 1 is 1.50 bits per heavy atom.